The fraction of sp³-hybridized carbons (Fsp3) is 0.167. The minimum atomic E-state index is -0.0365. The molecule has 3 N–H and O–H groups in total. The molecule has 9 heteroatoms. The van der Waals surface area contributed by atoms with E-state index < -0.39 is 0 Å². The van der Waals surface area contributed by atoms with Gasteiger partial charge in [-0.1, -0.05) is 72.3 Å². The number of aldehydes is 2. The Morgan fingerprint density at radius 3 is 1.73 bits per heavy atom. The van der Waals surface area contributed by atoms with E-state index in [4.69, 9.17) is 11.6 Å². The first-order chi connectivity index (χ1) is 22.1. The third-order valence-electron chi connectivity index (χ3n) is 8.10. The molecule has 1 fully saturated rings. The summed E-state index contributed by atoms with van der Waals surface area (Å²) >= 11 is 6.35. The summed E-state index contributed by atoms with van der Waals surface area (Å²) in [6, 6.07) is 30.8. The fourth-order valence-corrected chi connectivity index (χ4v) is 6.34. The summed E-state index contributed by atoms with van der Waals surface area (Å²) in [7, 11) is 0. The van der Waals surface area contributed by atoms with Gasteiger partial charge in [0, 0.05) is 48.3 Å². The third kappa shape index (κ3) is 5.77. The Morgan fingerprint density at radius 1 is 0.667 bits per heavy atom. The molecule has 8 nitrogen and oxygen atoms in total. The number of hydrogen-bond donors (Lipinski definition) is 3. The number of aromatic nitrogens is 2. The minimum Gasteiger partial charge on any atom is -0.392 e. The van der Waals surface area contributed by atoms with Gasteiger partial charge in [-0.05, 0) is 47.5 Å². The van der Waals surface area contributed by atoms with Crippen molar-refractivity contribution < 1.29 is 19.8 Å². The van der Waals surface area contributed by atoms with Gasteiger partial charge >= 0.3 is 0 Å². The number of aliphatic hydroxyl groups excluding tert-OH is 2. The van der Waals surface area contributed by atoms with E-state index in [9.17, 15) is 19.8 Å². The van der Waals surface area contributed by atoms with Crippen LogP contribution in [0.5, 0.6) is 0 Å². The van der Waals surface area contributed by atoms with E-state index in [1.54, 1.807) is 0 Å². The maximum atomic E-state index is 12.0. The number of hydrogen-bond acceptors (Lipinski definition) is 6. The van der Waals surface area contributed by atoms with Gasteiger partial charge in [0.2, 0.25) is 0 Å². The molecule has 0 aliphatic carbocycles. The van der Waals surface area contributed by atoms with Gasteiger partial charge in [-0.25, -0.2) is 0 Å². The first kappa shape index (κ1) is 30.3. The topological polar surface area (TPSA) is 99.7 Å². The van der Waals surface area contributed by atoms with Crippen molar-refractivity contribution in [1.82, 2.24) is 14.5 Å². The standard InChI is InChI=1S/C20H21N3O2.C16H12ClNO2/c24-13-15-4-3-5-16(12-15)23-19-7-2-1-6-17(19)18(14-25)20(23)22-10-8-21-9-11-22;17-16-14(10-20)13-6-1-2-7-15(13)18(16)12-5-3-4-11(8-12)9-19/h1-7,12,14,21,24H,8-11,13H2;1-8,10,19H,9H2. The van der Waals surface area contributed by atoms with Gasteiger partial charge in [-0.2, -0.15) is 0 Å². The Balaban J connectivity index is 0.000000163. The molecule has 1 aliphatic heterocycles. The monoisotopic (exact) mass is 620 g/mol. The molecule has 4 aromatic carbocycles. The number of piperazine rings is 1. The van der Waals surface area contributed by atoms with Crippen LogP contribution in [0.15, 0.2) is 97.1 Å². The quantitative estimate of drug-likeness (QED) is 0.191. The van der Waals surface area contributed by atoms with Gasteiger partial charge in [0.25, 0.3) is 0 Å². The molecule has 0 saturated carbocycles. The number of anilines is 1. The summed E-state index contributed by atoms with van der Waals surface area (Å²) in [5.74, 6) is 0.938. The highest BCUT2D eigenvalue weighted by Gasteiger charge is 2.24. The number of benzene rings is 4. The Morgan fingerprint density at radius 2 is 1.18 bits per heavy atom. The molecular formula is C36H33ClN4O4. The number of carbonyl (C=O) groups excluding carboxylic acids is 2. The Kier molecular flexibility index (Phi) is 9.09. The summed E-state index contributed by atoms with van der Waals surface area (Å²) in [6.07, 6.45) is 1.74. The van der Waals surface area contributed by atoms with Crippen LogP contribution in [-0.2, 0) is 13.2 Å². The van der Waals surface area contributed by atoms with Crippen molar-refractivity contribution in [3.05, 3.63) is 124 Å². The lowest BCUT2D eigenvalue weighted by molar-refractivity contribution is 0.111. The van der Waals surface area contributed by atoms with Gasteiger partial charge in [0.1, 0.15) is 11.0 Å². The Hall–Kier alpha value is -4.73. The average Bonchev–Trinajstić information content (AvgIpc) is 3.60. The van der Waals surface area contributed by atoms with Crippen molar-refractivity contribution in [2.45, 2.75) is 13.2 Å². The maximum absolute atomic E-state index is 12.0. The summed E-state index contributed by atoms with van der Waals surface area (Å²) in [5, 5.41) is 24.3. The van der Waals surface area contributed by atoms with Crippen LogP contribution in [0.3, 0.4) is 0 Å². The largest absolute Gasteiger partial charge is 0.392 e. The van der Waals surface area contributed by atoms with Crippen LogP contribution >= 0.6 is 11.6 Å². The van der Waals surface area contributed by atoms with Crippen molar-refractivity contribution >= 4 is 51.8 Å². The minimum absolute atomic E-state index is 0.00343. The molecule has 1 aliphatic rings. The number of nitrogens with one attached hydrogen (secondary N) is 1. The van der Waals surface area contributed by atoms with Crippen LogP contribution in [0, 0.1) is 0 Å². The lowest BCUT2D eigenvalue weighted by atomic mass is 10.2. The number of halogens is 1. The Labute approximate surface area is 265 Å². The first-order valence-corrected chi connectivity index (χ1v) is 15.2. The molecule has 3 heterocycles. The van der Waals surface area contributed by atoms with E-state index in [0.717, 1.165) is 94.4 Å². The zero-order chi connectivity index (χ0) is 31.3. The number of fused-ring (bicyclic) bond motifs is 2. The number of aliphatic hydroxyl groups is 2. The Bertz CT molecular complexity index is 1990. The molecule has 7 rings (SSSR count). The highest BCUT2D eigenvalue weighted by atomic mass is 35.5. The molecule has 0 atom stereocenters. The molecule has 2 aromatic heterocycles. The second-order valence-corrected chi connectivity index (χ2v) is 11.1. The van der Waals surface area contributed by atoms with Crippen LogP contribution in [-0.4, -0.2) is 58.1 Å². The van der Waals surface area contributed by atoms with E-state index in [-0.39, 0.29) is 13.2 Å². The van der Waals surface area contributed by atoms with Gasteiger partial charge in [-0.15, -0.1) is 0 Å². The van der Waals surface area contributed by atoms with E-state index in [0.29, 0.717) is 10.7 Å². The second-order valence-electron chi connectivity index (χ2n) is 10.8. The molecule has 0 unspecified atom stereocenters. The number of nitrogens with zero attached hydrogens (tertiary/aromatic N) is 3. The van der Waals surface area contributed by atoms with Gasteiger partial charge in [0.05, 0.1) is 35.4 Å². The molecule has 0 spiro atoms. The summed E-state index contributed by atoms with van der Waals surface area (Å²) < 4.78 is 3.96. The molecule has 0 bridgehead atoms. The molecule has 1 saturated heterocycles. The molecule has 45 heavy (non-hydrogen) atoms. The normalized spacial score (nSPS) is 13.1. The van der Waals surface area contributed by atoms with Crippen LogP contribution in [0.2, 0.25) is 5.15 Å². The van der Waals surface area contributed by atoms with Crippen molar-refractivity contribution in [2.24, 2.45) is 0 Å². The lowest BCUT2D eigenvalue weighted by Crippen LogP contribution is -2.44. The first-order valence-electron chi connectivity index (χ1n) is 14.8. The van der Waals surface area contributed by atoms with E-state index in [2.05, 4.69) is 14.8 Å². The predicted molar refractivity (Wildman–Crippen MR) is 179 cm³/mol. The molecular weight excluding hydrogens is 588 g/mol. The zero-order valence-corrected chi connectivity index (χ0v) is 25.3. The van der Waals surface area contributed by atoms with Crippen LogP contribution in [0.4, 0.5) is 5.82 Å². The second kappa shape index (κ2) is 13.5. The molecule has 6 aromatic rings. The van der Waals surface area contributed by atoms with Crippen LogP contribution in [0.25, 0.3) is 33.2 Å². The average molecular weight is 621 g/mol. The highest BCUT2D eigenvalue weighted by molar-refractivity contribution is 6.34. The van der Waals surface area contributed by atoms with E-state index in [1.807, 2.05) is 102 Å². The summed E-state index contributed by atoms with van der Waals surface area (Å²) in [5.41, 5.74) is 6.53. The number of rotatable bonds is 7. The fourth-order valence-electron chi connectivity index (χ4n) is 6.00. The van der Waals surface area contributed by atoms with E-state index in [1.165, 1.54) is 0 Å². The maximum Gasteiger partial charge on any atom is 0.154 e. The summed E-state index contributed by atoms with van der Waals surface area (Å²) in [6.45, 7) is 3.47. The van der Waals surface area contributed by atoms with Crippen molar-refractivity contribution in [3.63, 3.8) is 0 Å². The van der Waals surface area contributed by atoms with Crippen molar-refractivity contribution in [1.29, 1.82) is 0 Å². The van der Waals surface area contributed by atoms with Crippen LogP contribution in [0.1, 0.15) is 31.8 Å². The molecule has 0 radical (unpaired) electrons. The van der Waals surface area contributed by atoms with Crippen molar-refractivity contribution in [2.75, 3.05) is 31.1 Å². The van der Waals surface area contributed by atoms with Gasteiger partial charge in [-0.3, -0.25) is 18.7 Å². The summed E-state index contributed by atoms with van der Waals surface area (Å²) in [4.78, 5) is 25.5. The SMILES string of the molecule is O=Cc1c(Cl)n(-c2cccc(CO)c2)c2ccccc12.O=Cc1c(N2CCNCC2)n(-c2cccc(CO)c2)c2ccccc12. The smallest absolute Gasteiger partial charge is 0.154 e. The number of carbonyl (C=O) groups is 2. The number of para-hydroxylation sites is 2. The van der Waals surface area contributed by atoms with Crippen molar-refractivity contribution in [3.8, 4) is 11.4 Å². The highest BCUT2D eigenvalue weighted by Crippen LogP contribution is 2.35. The third-order valence-corrected chi connectivity index (χ3v) is 8.47. The predicted octanol–water partition coefficient (Wildman–Crippen LogP) is 5.93. The zero-order valence-electron chi connectivity index (χ0n) is 24.6. The molecule has 0 amide bonds. The van der Waals surface area contributed by atoms with Gasteiger partial charge in [0.15, 0.2) is 12.6 Å². The van der Waals surface area contributed by atoms with Crippen LogP contribution < -0.4 is 10.2 Å². The van der Waals surface area contributed by atoms with Gasteiger partial charge < -0.3 is 20.4 Å². The lowest BCUT2D eigenvalue weighted by Gasteiger charge is -2.31. The van der Waals surface area contributed by atoms with E-state index >= 15 is 0 Å². The molecule has 228 valence electrons.